The zero-order valence-electron chi connectivity index (χ0n) is 12.7. The molecule has 3 nitrogen and oxygen atoms in total. The summed E-state index contributed by atoms with van der Waals surface area (Å²) in [6, 6.07) is 9.67. The van der Waals surface area contributed by atoms with Gasteiger partial charge in [0, 0.05) is 39.8 Å². The van der Waals surface area contributed by atoms with E-state index in [-0.39, 0.29) is 9.70 Å². The standard InChI is InChI=1S/C17H9Cl5INO2/c18-10-4-2-8(6-9(10)15(23)25)24-16(26)14-13(17(14,21)22)7-1-3-11(19)12(20)5-7/h1-6,13-14H,(H,24,26). The highest BCUT2D eigenvalue weighted by molar-refractivity contribution is 14.1. The third-order valence-corrected chi connectivity index (χ3v) is 6.67. The number of alkyl halides is 2. The Kier molecular flexibility index (Phi) is 6.03. The highest BCUT2D eigenvalue weighted by Crippen LogP contribution is 2.65. The summed E-state index contributed by atoms with van der Waals surface area (Å²) in [6.07, 6.45) is 0. The van der Waals surface area contributed by atoms with Crippen molar-refractivity contribution in [2.24, 2.45) is 5.92 Å². The van der Waals surface area contributed by atoms with Crippen molar-refractivity contribution in [1.29, 1.82) is 0 Å². The quantitative estimate of drug-likeness (QED) is 0.254. The Labute approximate surface area is 188 Å². The number of carbonyl (C=O) groups excluding carboxylic acids is 2. The summed E-state index contributed by atoms with van der Waals surface area (Å²) in [5.74, 6) is -1.45. The molecule has 0 spiro atoms. The van der Waals surface area contributed by atoms with Crippen LogP contribution in [0.2, 0.25) is 15.1 Å². The molecule has 1 amide bonds. The molecule has 1 aliphatic carbocycles. The molecule has 2 unspecified atom stereocenters. The van der Waals surface area contributed by atoms with Crippen molar-refractivity contribution in [3.05, 3.63) is 62.6 Å². The lowest BCUT2D eigenvalue weighted by Gasteiger charge is -2.07. The summed E-state index contributed by atoms with van der Waals surface area (Å²) in [5, 5.41) is 3.81. The number of hydrogen-bond donors (Lipinski definition) is 1. The largest absolute Gasteiger partial charge is 0.326 e. The summed E-state index contributed by atoms with van der Waals surface area (Å²) in [6.45, 7) is 0. The topological polar surface area (TPSA) is 46.2 Å². The molecule has 0 heterocycles. The van der Waals surface area contributed by atoms with Gasteiger partial charge in [-0.05, 0) is 35.9 Å². The van der Waals surface area contributed by atoms with Crippen LogP contribution in [0.5, 0.6) is 0 Å². The van der Waals surface area contributed by atoms with Gasteiger partial charge in [-0.1, -0.05) is 40.9 Å². The number of benzene rings is 2. The van der Waals surface area contributed by atoms with Crippen molar-refractivity contribution in [3.8, 4) is 0 Å². The molecule has 9 heteroatoms. The Morgan fingerprint density at radius 3 is 2.23 bits per heavy atom. The van der Waals surface area contributed by atoms with E-state index in [4.69, 9.17) is 58.0 Å². The van der Waals surface area contributed by atoms with Crippen LogP contribution in [-0.4, -0.2) is 14.0 Å². The summed E-state index contributed by atoms with van der Waals surface area (Å²) >= 11 is 32.2. The summed E-state index contributed by atoms with van der Waals surface area (Å²) in [5.41, 5.74) is 1.47. The van der Waals surface area contributed by atoms with Gasteiger partial charge in [-0.2, -0.15) is 0 Å². The van der Waals surface area contributed by atoms with E-state index < -0.39 is 16.2 Å². The molecule has 1 saturated carbocycles. The molecule has 2 aromatic rings. The minimum absolute atomic E-state index is 0.229. The highest BCUT2D eigenvalue weighted by Gasteiger charge is 2.67. The van der Waals surface area contributed by atoms with E-state index in [0.717, 1.165) is 5.56 Å². The number of rotatable bonds is 4. The molecule has 0 saturated heterocycles. The zero-order chi connectivity index (χ0) is 19.2. The van der Waals surface area contributed by atoms with E-state index in [1.54, 1.807) is 52.9 Å². The Morgan fingerprint density at radius 1 is 0.962 bits per heavy atom. The maximum atomic E-state index is 12.6. The fourth-order valence-corrected chi connectivity index (χ4v) is 4.69. The Morgan fingerprint density at radius 2 is 1.62 bits per heavy atom. The van der Waals surface area contributed by atoms with E-state index in [1.165, 1.54) is 6.07 Å². The van der Waals surface area contributed by atoms with Crippen molar-refractivity contribution in [1.82, 2.24) is 0 Å². The first kappa shape index (κ1) is 20.5. The second kappa shape index (κ2) is 7.64. The van der Waals surface area contributed by atoms with Crippen molar-refractivity contribution in [3.63, 3.8) is 0 Å². The molecule has 136 valence electrons. The summed E-state index contributed by atoms with van der Waals surface area (Å²) in [7, 11) is 0. The van der Waals surface area contributed by atoms with E-state index >= 15 is 0 Å². The van der Waals surface area contributed by atoms with Crippen LogP contribution in [0.1, 0.15) is 21.8 Å². The van der Waals surface area contributed by atoms with Crippen LogP contribution in [0.4, 0.5) is 5.69 Å². The first-order valence-electron chi connectivity index (χ1n) is 7.26. The highest BCUT2D eigenvalue weighted by atomic mass is 127. The van der Waals surface area contributed by atoms with Crippen molar-refractivity contribution < 1.29 is 9.59 Å². The molecular weight excluding hydrogens is 554 g/mol. The SMILES string of the molecule is O=C(I)c1cc(NC(=O)C2C(c3ccc(Cl)c(Cl)c3)C2(Cl)Cl)ccc1Cl. The molecule has 0 bridgehead atoms. The van der Waals surface area contributed by atoms with Crippen LogP contribution in [-0.2, 0) is 4.79 Å². The monoisotopic (exact) mass is 561 g/mol. The third-order valence-electron chi connectivity index (χ3n) is 4.08. The van der Waals surface area contributed by atoms with Crippen molar-refractivity contribution in [2.75, 3.05) is 5.32 Å². The maximum absolute atomic E-state index is 12.6. The smallest absolute Gasteiger partial charge is 0.231 e. The predicted molar refractivity (Wildman–Crippen MR) is 116 cm³/mol. The number of amides is 1. The van der Waals surface area contributed by atoms with Gasteiger partial charge in [0.2, 0.25) is 9.70 Å². The molecule has 1 aliphatic rings. The van der Waals surface area contributed by atoms with Crippen molar-refractivity contribution >= 4 is 96.0 Å². The van der Waals surface area contributed by atoms with Crippen LogP contribution >= 0.6 is 80.6 Å². The molecule has 0 aromatic heterocycles. The second-order valence-electron chi connectivity index (χ2n) is 5.76. The fraction of sp³-hybridized carbons (Fsp3) is 0.176. The van der Waals surface area contributed by atoms with Crippen molar-refractivity contribution in [2.45, 2.75) is 10.3 Å². The lowest BCUT2D eigenvalue weighted by Crippen LogP contribution is -2.17. The zero-order valence-corrected chi connectivity index (χ0v) is 18.6. The lowest BCUT2D eigenvalue weighted by atomic mass is 10.1. The van der Waals surface area contributed by atoms with Gasteiger partial charge in [0.15, 0.2) is 0 Å². The maximum Gasteiger partial charge on any atom is 0.231 e. The Hall–Kier alpha value is -0.240. The van der Waals surface area contributed by atoms with Crippen LogP contribution in [0.15, 0.2) is 36.4 Å². The summed E-state index contributed by atoms with van der Waals surface area (Å²) in [4.78, 5) is 24.2. The van der Waals surface area contributed by atoms with Gasteiger partial charge < -0.3 is 5.32 Å². The normalized spacial score (nSPS) is 20.5. The molecule has 3 rings (SSSR count). The molecular formula is C17H9Cl5INO2. The number of nitrogens with one attached hydrogen (secondary N) is 1. The first-order valence-corrected chi connectivity index (χ1v) is 10.2. The minimum atomic E-state index is -1.25. The molecule has 2 atom stereocenters. The van der Waals surface area contributed by atoms with Crippen LogP contribution in [0.25, 0.3) is 0 Å². The number of carbonyl (C=O) groups is 2. The Balaban J connectivity index is 1.81. The van der Waals surface area contributed by atoms with E-state index in [0.29, 0.717) is 26.3 Å². The van der Waals surface area contributed by atoms with Gasteiger partial charge in [-0.15, -0.1) is 23.2 Å². The Bertz CT molecular complexity index is 918. The van der Waals surface area contributed by atoms with Gasteiger partial charge in [0.25, 0.3) is 0 Å². The third kappa shape index (κ3) is 3.96. The molecule has 1 fully saturated rings. The van der Waals surface area contributed by atoms with Gasteiger partial charge in [0.05, 0.1) is 21.0 Å². The van der Waals surface area contributed by atoms with E-state index in [9.17, 15) is 9.59 Å². The van der Waals surface area contributed by atoms with E-state index in [2.05, 4.69) is 5.32 Å². The molecule has 0 radical (unpaired) electrons. The average Bonchev–Trinajstić information content (AvgIpc) is 3.14. The lowest BCUT2D eigenvalue weighted by molar-refractivity contribution is -0.117. The van der Waals surface area contributed by atoms with Gasteiger partial charge >= 0.3 is 0 Å². The van der Waals surface area contributed by atoms with Gasteiger partial charge in [-0.3, -0.25) is 9.59 Å². The van der Waals surface area contributed by atoms with Crippen LogP contribution < -0.4 is 5.32 Å². The first-order chi connectivity index (χ1) is 12.1. The second-order valence-corrected chi connectivity index (χ2v) is 9.41. The molecule has 0 aliphatic heterocycles. The van der Waals surface area contributed by atoms with Crippen LogP contribution in [0, 0.1) is 5.92 Å². The fourth-order valence-electron chi connectivity index (χ4n) is 2.75. The number of hydrogen-bond acceptors (Lipinski definition) is 2. The van der Waals surface area contributed by atoms with Crippen LogP contribution in [0.3, 0.4) is 0 Å². The molecule has 1 N–H and O–H groups in total. The summed E-state index contributed by atoms with van der Waals surface area (Å²) < 4.78 is -1.48. The number of anilines is 1. The molecule has 26 heavy (non-hydrogen) atoms. The predicted octanol–water partition coefficient (Wildman–Crippen LogP) is 6.75. The van der Waals surface area contributed by atoms with Gasteiger partial charge in [0.1, 0.15) is 4.33 Å². The molecule has 2 aromatic carbocycles. The van der Waals surface area contributed by atoms with Gasteiger partial charge in [-0.25, -0.2) is 0 Å². The van der Waals surface area contributed by atoms with E-state index in [1.807, 2.05) is 0 Å². The number of halogens is 6. The average molecular weight is 563 g/mol. The minimum Gasteiger partial charge on any atom is -0.326 e.